The van der Waals surface area contributed by atoms with E-state index < -0.39 is 11.6 Å². The summed E-state index contributed by atoms with van der Waals surface area (Å²) < 4.78 is 29.1. The Bertz CT molecular complexity index is 1170. The Balaban J connectivity index is 1.64. The Morgan fingerprint density at radius 1 is 1.18 bits per heavy atom. The molecule has 0 fully saturated rings. The monoisotopic (exact) mass is 380 g/mol. The highest BCUT2D eigenvalue weighted by molar-refractivity contribution is 5.97. The molecule has 5 nitrogen and oxygen atoms in total. The zero-order valence-corrected chi connectivity index (χ0v) is 15.1. The van der Waals surface area contributed by atoms with Gasteiger partial charge >= 0.3 is 0 Å². The molecular weight excluding hydrogens is 362 g/mol. The van der Waals surface area contributed by atoms with Gasteiger partial charge in [0.05, 0.1) is 0 Å². The maximum Gasteiger partial charge on any atom is 0.257 e. The molecule has 0 aliphatic rings. The third-order valence-corrected chi connectivity index (χ3v) is 4.53. The standard InChI is InChI=1S/C21H16F2N4O/c1-13-26-18-9-15(21(28)25-12-14-3-2-8-24-11-14)4-6-20(18)27(13)19-7-5-16(22)10-17(19)23/h2-11H,12H2,1H3,(H,25,28)/p+2. The number of aromatic nitrogens is 3. The number of rotatable bonds is 4. The normalized spacial score (nSPS) is 11.0. The molecule has 0 atom stereocenters. The van der Waals surface area contributed by atoms with Crippen LogP contribution in [0.2, 0.25) is 0 Å². The van der Waals surface area contributed by atoms with E-state index in [1.807, 2.05) is 18.3 Å². The van der Waals surface area contributed by atoms with Crippen molar-refractivity contribution >= 4 is 16.9 Å². The molecule has 4 rings (SSSR count). The van der Waals surface area contributed by atoms with E-state index in [0.29, 0.717) is 29.0 Å². The van der Waals surface area contributed by atoms with Crippen molar-refractivity contribution in [3.8, 4) is 5.69 Å². The number of halogens is 2. The van der Waals surface area contributed by atoms with Crippen molar-refractivity contribution in [1.29, 1.82) is 0 Å². The molecule has 0 saturated heterocycles. The van der Waals surface area contributed by atoms with Crippen LogP contribution in [-0.4, -0.2) is 10.9 Å². The van der Waals surface area contributed by atoms with Gasteiger partial charge in [-0.2, -0.15) is 4.57 Å². The molecule has 0 saturated carbocycles. The lowest BCUT2D eigenvalue weighted by Gasteiger charge is -2.04. The van der Waals surface area contributed by atoms with Crippen molar-refractivity contribution in [2.75, 3.05) is 0 Å². The Labute approximate surface area is 159 Å². The molecule has 140 valence electrons. The minimum absolute atomic E-state index is 0.211. The van der Waals surface area contributed by atoms with E-state index in [4.69, 9.17) is 0 Å². The van der Waals surface area contributed by atoms with Gasteiger partial charge in [-0.3, -0.25) is 4.79 Å². The molecule has 0 spiro atoms. The number of imidazole rings is 1. The zero-order valence-electron chi connectivity index (χ0n) is 15.1. The smallest absolute Gasteiger partial charge is 0.257 e. The van der Waals surface area contributed by atoms with Crippen molar-refractivity contribution in [2.24, 2.45) is 0 Å². The van der Waals surface area contributed by atoms with Crippen molar-refractivity contribution < 1.29 is 23.1 Å². The highest BCUT2D eigenvalue weighted by Crippen LogP contribution is 2.17. The minimum atomic E-state index is -0.657. The molecule has 2 aromatic heterocycles. The fraction of sp³-hybridized carbons (Fsp3) is 0.0952. The topological polar surface area (TPSA) is 62.9 Å². The molecule has 0 aliphatic heterocycles. The molecule has 0 radical (unpaired) electrons. The van der Waals surface area contributed by atoms with Crippen molar-refractivity contribution in [1.82, 2.24) is 10.3 Å². The first-order valence-electron chi connectivity index (χ1n) is 8.76. The molecule has 3 N–H and O–H groups in total. The van der Waals surface area contributed by atoms with Crippen LogP contribution >= 0.6 is 0 Å². The lowest BCUT2D eigenvalue weighted by molar-refractivity contribution is -0.576. The summed E-state index contributed by atoms with van der Waals surface area (Å²) in [5.74, 6) is -0.833. The molecular formula is C21H18F2N4O+2. The van der Waals surface area contributed by atoms with E-state index in [1.165, 1.54) is 12.1 Å². The Morgan fingerprint density at radius 3 is 2.79 bits per heavy atom. The summed E-state index contributed by atoms with van der Waals surface area (Å²) in [4.78, 5) is 18.6. The van der Waals surface area contributed by atoms with Crippen LogP contribution in [0.25, 0.3) is 16.7 Å². The molecule has 2 aromatic carbocycles. The van der Waals surface area contributed by atoms with Crippen molar-refractivity contribution in [3.05, 3.63) is 89.5 Å². The summed E-state index contributed by atoms with van der Waals surface area (Å²) in [6.45, 7) is 2.19. The van der Waals surface area contributed by atoms with Gasteiger partial charge in [-0.25, -0.2) is 18.7 Å². The SMILES string of the molecule is Cc1[nH]c2cc(C(=O)NCc3ccc[nH+]c3)ccc2[n+]1-c1ccc(F)cc1F. The van der Waals surface area contributed by atoms with Crippen LogP contribution in [0, 0.1) is 18.6 Å². The first-order chi connectivity index (χ1) is 13.5. The third-order valence-electron chi connectivity index (χ3n) is 4.53. The van der Waals surface area contributed by atoms with Gasteiger partial charge in [-0.05, 0) is 30.3 Å². The molecule has 1 amide bonds. The summed E-state index contributed by atoms with van der Waals surface area (Å²) in [6.07, 6.45) is 3.62. The van der Waals surface area contributed by atoms with Crippen LogP contribution in [0.4, 0.5) is 8.78 Å². The largest absolute Gasteiger partial charge is 0.348 e. The molecule has 7 heteroatoms. The summed E-state index contributed by atoms with van der Waals surface area (Å²) in [7, 11) is 0. The van der Waals surface area contributed by atoms with Gasteiger partial charge in [0.15, 0.2) is 34.9 Å². The van der Waals surface area contributed by atoms with E-state index in [-0.39, 0.29) is 11.6 Å². The van der Waals surface area contributed by atoms with Gasteiger partial charge in [0, 0.05) is 42.8 Å². The van der Waals surface area contributed by atoms with Crippen LogP contribution in [0.3, 0.4) is 0 Å². The van der Waals surface area contributed by atoms with Gasteiger partial charge in [0.25, 0.3) is 11.7 Å². The van der Waals surface area contributed by atoms with Crippen LogP contribution < -0.4 is 14.9 Å². The number of amides is 1. The summed E-state index contributed by atoms with van der Waals surface area (Å²) >= 11 is 0. The molecule has 28 heavy (non-hydrogen) atoms. The molecule has 4 aromatic rings. The first-order valence-corrected chi connectivity index (χ1v) is 8.76. The summed E-state index contributed by atoms with van der Waals surface area (Å²) in [6, 6.07) is 12.4. The van der Waals surface area contributed by atoms with E-state index in [2.05, 4.69) is 15.3 Å². The maximum absolute atomic E-state index is 14.2. The second-order valence-corrected chi connectivity index (χ2v) is 6.47. The van der Waals surface area contributed by atoms with Crippen LogP contribution in [-0.2, 0) is 6.54 Å². The Hall–Kier alpha value is -3.61. The number of carbonyl (C=O) groups is 1. The van der Waals surface area contributed by atoms with E-state index in [9.17, 15) is 13.6 Å². The highest BCUT2D eigenvalue weighted by atomic mass is 19.1. The van der Waals surface area contributed by atoms with Crippen molar-refractivity contribution in [3.63, 3.8) is 0 Å². The number of nitrogens with one attached hydrogen (secondary N) is 3. The Kier molecular flexibility index (Phi) is 4.57. The fourth-order valence-electron chi connectivity index (χ4n) is 3.20. The number of H-pyrrole nitrogens is 2. The lowest BCUT2D eigenvalue weighted by atomic mass is 10.1. The minimum Gasteiger partial charge on any atom is -0.348 e. The number of hydrogen-bond acceptors (Lipinski definition) is 1. The number of benzene rings is 2. The quantitative estimate of drug-likeness (QED) is 0.526. The van der Waals surface area contributed by atoms with Crippen LogP contribution in [0.5, 0.6) is 0 Å². The second kappa shape index (κ2) is 7.19. The van der Waals surface area contributed by atoms with Gasteiger partial charge in [-0.1, -0.05) is 0 Å². The van der Waals surface area contributed by atoms with Gasteiger partial charge in [0.2, 0.25) is 0 Å². The van der Waals surface area contributed by atoms with E-state index in [1.54, 1.807) is 35.9 Å². The van der Waals surface area contributed by atoms with E-state index in [0.717, 1.165) is 11.6 Å². The average molecular weight is 380 g/mol. The predicted molar refractivity (Wildman–Crippen MR) is 98.7 cm³/mol. The number of nitrogens with zero attached hydrogens (tertiary/aromatic N) is 1. The van der Waals surface area contributed by atoms with Crippen molar-refractivity contribution in [2.45, 2.75) is 13.5 Å². The van der Waals surface area contributed by atoms with Crippen LogP contribution in [0.1, 0.15) is 21.7 Å². The number of hydrogen-bond donors (Lipinski definition) is 2. The number of aromatic amines is 2. The number of pyridine rings is 1. The first kappa shape index (κ1) is 17.8. The molecule has 0 unspecified atom stereocenters. The van der Waals surface area contributed by atoms with E-state index >= 15 is 0 Å². The summed E-state index contributed by atoms with van der Waals surface area (Å²) in [5, 5.41) is 2.87. The van der Waals surface area contributed by atoms with Crippen LogP contribution in [0.15, 0.2) is 60.9 Å². The second-order valence-electron chi connectivity index (χ2n) is 6.47. The number of carbonyl (C=O) groups excluding carboxylic acids is 1. The Morgan fingerprint density at radius 2 is 2.04 bits per heavy atom. The number of fused-ring (bicyclic) bond motifs is 1. The van der Waals surface area contributed by atoms with Gasteiger partial charge < -0.3 is 5.32 Å². The molecule has 0 bridgehead atoms. The van der Waals surface area contributed by atoms with Gasteiger partial charge in [0.1, 0.15) is 5.82 Å². The maximum atomic E-state index is 14.2. The lowest BCUT2D eigenvalue weighted by Crippen LogP contribution is -2.34. The third kappa shape index (κ3) is 3.34. The van der Waals surface area contributed by atoms with Gasteiger partial charge in [-0.15, -0.1) is 0 Å². The number of aryl methyl sites for hydroxylation is 1. The molecule has 0 aliphatic carbocycles. The average Bonchev–Trinajstić information content (AvgIpc) is 3.02. The molecule has 2 heterocycles. The fourth-order valence-corrected chi connectivity index (χ4v) is 3.20. The highest BCUT2D eigenvalue weighted by Gasteiger charge is 2.21. The zero-order chi connectivity index (χ0) is 19.7. The summed E-state index contributed by atoms with van der Waals surface area (Å²) in [5.41, 5.74) is 3.06. The predicted octanol–water partition coefficient (Wildman–Crippen LogP) is 2.78.